The van der Waals surface area contributed by atoms with Gasteiger partial charge in [-0.1, -0.05) is 77.3 Å². The number of ether oxygens (including phenoxy) is 3. The number of hydrazine groups is 1. The Bertz CT molecular complexity index is 2870. The van der Waals surface area contributed by atoms with E-state index >= 15 is 9.59 Å². The maximum absolute atomic E-state index is 15.5. The normalized spacial score (nSPS) is 23.7. The van der Waals surface area contributed by atoms with Gasteiger partial charge in [0.1, 0.15) is 11.5 Å². The third-order valence-electron chi connectivity index (χ3n) is 13.1. The highest BCUT2D eigenvalue weighted by Gasteiger charge is 2.70. The molecule has 3 heterocycles. The van der Waals surface area contributed by atoms with Crippen molar-refractivity contribution in [3.8, 4) is 23.0 Å². The summed E-state index contributed by atoms with van der Waals surface area (Å²) in [7, 11) is 4.50. The Balaban J connectivity index is 1.12. The van der Waals surface area contributed by atoms with Gasteiger partial charge in [0.25, 0.3) is 11.8 Å². The second kappa shape index (κ2) is 16.9. The Labute approximate surface area is 386 Å². The number of rotatable bonds is 10. The van der Waals surface area contributed by atoms with Gasteiger partial charge in [0.15, 0.2) is 17.3 Å². The topological polar surface area (TPSA) is 148 Å². The minimum absolute atomic E-state index is 0.0680. The SMILES string of the molecule is COc1ccc(OC)c(C=Cc2ccc(N3C(=O)[C@H]4[C@H](CC=C5[C@H]4C[C@H]4C(=O)N(Nc6ncc(C(F)(F)F)cc6Cl)C(=O)[C@@]4(c4ccc(Cl)cc4)[C@H]5c4ccc(O)c(OC)c4)C3=O)cc2)c1. The van der Waals surface area contributed by atoms with Crippen LogP contribution in [0.15, 0.2) is 109 Å². The first-order valence-electron chi connectivity index (χ1n) is 20.7. The van der Waals surface area contributed by atoms with Gasteiger partial charge in [-0.05, 0) is 96.1 Å². The van der Waals surface area contributed by atoms with Crippen LogP contribution in [-0.4, -0.2) is 60.1 Å². The van der Waals surface area contributed by atoms with E-state index in [1.807, 2.05) is 24.3 Å². The molecule has 2 aliphatic heterocycles. The van der Waals surface area contributed by atoms with Crippen molar-refractivity contribution < 1.29 is 51.7 Å². The van der Waals surface area contributed by atoms with E-state index in [1.165, 1.54) is 18.1 Å². The minimum Gasteiger partial charge on any atom is -0.504 e. The van der Waals surface area contributed by atoms with Gasteiger partial charge >= 0.3 is 6.18 Å². The maximum Gasteiger partial charge on any atom is 0.417 e. The van der Waals surface area contributed by atoms with Crippen molar-refractivity contribution in [2.45, 2.75) is 30.4 Å². The summed E-state index contributed by atoms with van der Waals surface area (Å²) in [5.74, 6) is -6.44. The predicted octanol–water partition coefficient (Wildman–Crippen LogP) is 9.50. The molecular formula is C49H39Cl2F3N4O8. The van der Waals surface area contributed by atoms with Crippen molar-refractivity contribution in [2.75, 3.05) is 31.7 Å². The Hall–Kier alpha value is -6.84. The van der Waals surface area contributed by atoms with E-state index in [9.17, 15) is 27.9 Å². The molecule has 0 bridgehead atoms. The zero-order valence-electron chi connectivity index (χ0n) is 35.3. The molecule has 0 unspecified atom stereocenters. The highest BCUT2D eigenvalue weighted by Crippen LogP contribution is 2.64. The number of aromatic hydroxyl groups is 1. The van der Waals surface area contributed by atoms with Crippen LogP contribution in [0, 0.1) is 23.7 Å². The first-order chi connectivity index (χ1) is 31.6. The summed E-state index contributed by atoms with van der Waals surface area (Å²) < 4.78 is 57.2. The fourth-order valence-electron chi connectivity index (χ4n) is 10.2. The maximum atomic E-state index is 15.5. The molecule has 0 spiro atoms. The molecule has 0 radical (unpaired) electrons. The fraction of sp³-hybridized carbons (Fsp3) is 0.245. The molecule has 4 aromatic carbocycles. The van der Waals surface area contributed by atoms with Crippen LogP contribution in [0.5, 0.6) is 23.0 Å². The molecule has 3 fully saturated rings. The molecule has 5 aromatic rings. The van der Waals surface area contributed by atoms with Crippen molar-refractivity contribution in [1.82, 2.24) is 9.99 Å². The monoisotopic (exact) mass is 938 g/mol. The van der Waals surface area contributed by atoms with Crippen molar-refractivity contribution >= 4 is 70.5 Å². The standard InChI is InChI=1S/C49H39Cl2F3N4O8/c1-64-32-15-19-39(65-2)26(20-32)7-4-25-5-13-31(14-6-25)57-44(60)34-17-16-33-35(41(34)46(57)62)23-36-45(61)58(56-43-37(51)22-29(24-55-43)49(52,53)54)47(63)48(36,28-9-11-30(50)12-10-28)42(33)27-8-18-38(59)40(21-27)66-3/h4-16,18-22,24,34-36,41-42,59H,17,23H2,1-3H3,(H,55,56)/t34-,35+,36-,41-,42-,48+/m0/s1. The number of aromatic nitrogens is 1. The lowest BCUT2D eigenvalue weighted by Gasteiger charge is -2.50. The van der Waals surface area contributed by atoms with Crippen LogP contribution in [0.3, 0.4) is 0 Å². The molecule has 338 valence electrons. The molecule has 4 aliphatic rings. The molecule has 2 aliphatic carbocycles. The summed E-state index contributed by atoms with van der Waals surface area (Å²) in [5.41, 5.74) is 3.03. The number of anilines is 2. The van der Waals surface area contributed by atoms with E-state index in [2.05, 4.69) is 10.4 Å². The number of allylic oxidation sites excluding steroid dienone is 2. The highest BCUT2D eigenvalue weighted by atomic mass is 35.5. The van der Waals surface area contributed by atoms with E-state index in [0.29, 0.717) is 51.2 Å². The molecule has 4 amide bonds. The summed E-state index contributed by atoms with van der Waals surface area (Å²) in [6.07, 6.45) is 1.39. The molecule has 1 saturated carbocycles. The van der Waals surface area contributed by atoms with E-state index in [1.54, 1.807) is 87.0 Å². The number of alkyl halides is 3. The second-order valence-corrected chi connectivity index (χ2v) is 17.2. The van der Waals surface area contributed by atoms with E-state index in [4.69, 9.17) is 37.4 Å². The van der Waals surface area contributed by atoms with Gasteiger partial charge in [-0.25, -0.2) is 4.98 Å². The van der Waals surface area contributed by atoms with E-state index < -0.39 is 75.4 Å². The van der Waals surface area contributed by atoms with Crippen molar-refractivity contribution in [3.63, 3.8) is 0 Å². The Morgan fingerprint density at radius 3 is 2.21 bits per heavy atom. The van der Waals surface area contributed by atoms with Gasteiger partial charge in [-0.3, -0.25) is 29.5 Å². The summed E-state index contributed by atoms with van der Waals surface area (Å²) in [6, 6.07) is 23.9. The molecule has 17 heteroatoms. The number of fused-ring (bicyclic) bond motifs is 4. The third kappa shape index (κ3) is 7.21. The molecular weight excluding hydrogens is 900 g/mol. The molecule has 9 rings (SSSR count). The number of amides is 4. The first-order valence-corrected chi connectivity index (χ1v) is 21.4. The number of carbonyl (C=O) groups excluding carboxylic acids is 4. The van der Waals surface area contributed by atoms with Gasteiger partial charge in [0.05, 0.1) is 60.8 Å². The number of hydrogen-bond acceptors (Lipinski definition) is 10. The van der Waals surface area contributed by atoms with Crippen LogP contribution >= 0.6 is 23.2 Å². The van der Waals surface area contributed by atoms with Gasteiger partial charge < -0.3 is 19.3 Å². The van der Waals surface area contributed by atoms with Crippen LogP contribution in [0.2, 0.25) is 10.0 Å². The fourth-order valence-corrected chi connectivity index (χ4v) is 10.5. The van der Waals surface area contributed by atoms with E-state index in [-0.39, 0.29) is 30.2 Å². The number of halogens is 5. The van der Waals surface area contributed by atoms with Crippen LogP contribution in [0.1, 0.15) is 46.6 Å². The molecule has 1 aromatic heterocycles. The van der Waals surface area contributed by atoms with Crippen molar-refractivity contribution in [3.05, 3.63) is 147 Å². The minimum atomic E-state index is -4.77. The molecule has 2 N–H and O–H groups in total. The number of pyridine rings is 1. The quantitative estimate of drug-likeness (QED) is 0.0789. The predicted molar refractivity (Wildman–Crippen MR) is 239 cm³/mol. The lowest BCUT2D eigenvalue weighted by molar-refractivity contribution is -0.139. The lowest BCUT2D eigenvalue weighted by atomic mass is 9.49. The third-order valence-corrected chi connectivity index (χ3v) is 13.7. The summed E-state index contributed by atoms with van der Waals surface area (Å²) >= 11 is 12.7. The lowest BCUT2D eigenvalue weighted by Crippen LogP contribution is -2.53. The van der Waals surface area contributed by atoms with Crippen LogP contribution < -0.4 is 24.5 Å². The van der Waals surface area contributed by atoms with Crippen LogP contribution in [0.4, 0.5) is 24.7 Å². The number of phenolic OH excluding ortho intramolecular Hbond substituents is 1. The second-order valence-electron chi connectivity index (χ2n) is 16.4. The van der Waals surface area contributed by atoms with Gasteiger partial charge in [0.2, 0.25) is 11.8 Å². The average molecular weight is 940 g/mol. The Morgan fingerprint density at radius 2 is 1.55 bits per heavy atom. The average Bonchev–Trinajstić information content (AvgIpc) is 3.69. The number of nitrogens with zero attached hydrogens (tertiary/aromatic N) is 3. The Morgan fingerprint density at radius 1 is 0.818 bits per heavy atom. The molecule has 6 atom stereocenters. The zero-order valence-corrected chi connectivity index (χ0v) is 36.8. The number of phenols is 1. The number of carbonyl (C=O) groups is 4. The molecule has 66 heavy (non-hydrogen) atoms. The number of benzene rings is 4. The van der Waals surface area contributed by atoms with Crippen LogP contribution in [0.25, 0.3) is 12.2 Å². The molecule has 2 saturated heterocycles. The summed E-state index contributed by atoms with van der Waals surface area (Å²) in [4.78, 5) is 64.8. The number of methoxy groups -OCH3 is 3. The largest absolute Gasteiger partial charge is 0.504 e. The van der Waals surface area contributed by atoms with Gasteiger partial charge in [-0.2, -0.15) is 18.2 Å². The number of imide groups is 2. The summed E-state index contributed by atoms with van der Waals surface area (Å²) in [6.45, 7) is 0. The smallest absolute Gasteiger partial charge is 0.417 e. The van der Waals surface area contributed by atoms with E-state index in [0.717, 1.165) is 16.1 Å². The van der Waals surface area contributed by atoms with Crippen LogP contribution in [-0.2, 0) is 30.8 Å². The summed E-state index contributed by atoms with van der Waals surface area (Å²) in [5, 5.41) is 11.3. The Kier molecular flexibility index (Phi) is 11.3. The molecule has 12 nitrogen and oxygen atoms in total. The van der Waals surface area contributed by atoms with Gasteiger partial charge in [-0.15, -0.1) is 0 Å². The zero-order chi connectivity index (χ0) is 46.8. The number of hydrogen-bond donors (Lipinski definition) is 2. The van der Waals surface area contributed by atoms with Crippen molar-refractivity contribution in [1.29, 1.82) is 0 Å². The highest BCUT2D eigenvalue weighted by molar-refractivity contribution is 6.33. The van der Waals surface area contributed by atoms with Crippen molar-refractivity contribution in [2.24, 2.45) is 23.7 Å². The van der Waals surface area contributed by atoms with Gasteiger partial charge in [0, 0.05) is 22.7 Å². The first kappa shape index (κ1) is 44.4. The number of nitrogens with one attached hydrogen (secondary N) is 1.